The molecule has 2 aliphatic rings. The van der Waals surface area contributed by atoms with Crippen LogP contribution in [0.1, 0.15) is 37.9 Å². The number of H-pyrrole nitrogens is 1. The molecular formula is C20H24N6O4. The minimum Gasteiger partial charge on any atom is -0.497 e. The highest BCUT2D eigenvalue weighted by Crippen LogP contribution is 2.33. The molecule has 0 atom stereocenters. The molecule has 1 saturated heterocycles. The number of methoxy groups -OCH3 is 1. The van der Waals surface area contributed by atoms with E-state index in [2.05, 4.69) is 25.8 Å². The van der Waals surface area contributed by atoms with Crippen LogP contribution in [0.25, 0.3) is 11.4 Å². The van der Waals surface area contributed by atoms with Gasteiger partial charge in [0, 0.05) is 5.56 Å². The number of carbonyl (C=O) groups excluding carboxylic acids is 3. The summed E-state index contributed by atoms with van der Waals surface area (Å²) in [6.45, 7) is -0.206. The maximum atomic E-state index is 12.7. The number of aromatic amines is 1. The summed E-state index contributed by atoms with van der Waals surface area (Å²) in [5, 5.41) is 12.4. The van der Waals surface area contributed by atoms with Gasteiger partial charge in [-0.15, -0.1) is 0 Å². The molecule has 4 amide bonds. The molecule has 2 heterocycles. The Hall–Kier alpha value is -3.43. The molecule has 3 N–H and O–H groups in total. The smallest absolute Gasteiger partial charge is 0.325 e. The molecule has 1 spiro atoms. The van der Waals surface area contributed by atoms with Crippen molar-refractivity contribution in [1.29, 1.82) is 0 Å². The first kappa shape index (κ1) is 19.9. The molecule has 4 rings (SSSR count). The van der Waals surface area contributed by atoms with Gasteiger partial charge in [-0.1, -0.05) is 19.3 Å². The second kappa shape index (κ2) is 8.13. The topological polar surface area (TPSA) is 129 Å². The van der Waals surface area contributed by atoms with Gasteiger partial charge in [0.2, 0.25) is 5.91 Å². The van der Waals surface area contributed by atoms with E-state index in [0.717, 1.165) is 35.5 Å². The summed E-state index contributed by atoms with van der Waals surface area (Å²) in [7, 11) is 1.59. The molecule has 10 heteroatoms. The van der Waals surface area contributed by atoms with Crippen LogP contribution in [0, 0.1) is 0 Å². The van der Waals surface area contributed by atoms with E-state index in [1.54, 1.807) is 7.11 Å². The maximum Gasteiger partial charge on any atom is 0.325 e. The van der Waals surface area contributed by atoms with E-state index in [4.69, 9.17) is 4.74 Å². The van der Waals surface area contributed by atoms with Crippen molar-refractivity contribution < 1.29 is 19.1 Å². The average molecular weight is 412 g/mol. The summed E-state index contributed by atoms with van der Waals surface area (Å²) >= 11 is 0. The van der Waals surface area contributed by atoms with Gasteiger partial charge in [-0.3, -0.25) is 19.6 Å². The molecule has 1 aliphatic carbocycles. The predicted molar refractivity (Wildman–Crippen MR) is 106 cm³/mol. The Morgan fingerprint density at radius 2 is 1.93 bits per heavy atom. The van der Waals surface area contributed by atoms with Crippen LogP contribution in [0.3, 0.4) is 0 Å². The van der Waals surface area contributed by atoms with Gasteiger partial charge in [0.15, 0.2) is 5.82 Å². The molecule has 0 unspecified atom stereocenters. The number of nitrogens with zero attached hydrogens (tertiary/aromatic N) is 3. The number of benzene rings is 1. The molecule has 2 aromatic rings. The Morgan fingerprint density at radius 3 is 2.63 bits per heavy atom. The van der Waals surface area contributed by atoms with Crippen molar-refractivity contribution in [3.63, 3.8) is 0 Å². The zero-order valence-corrected chi connectivity index (χ0v) is 16.7. The van der Waals surface area contributed by atoms with Crippen molar-refractivity contribution in [3.05, 3.63) is 30.1 Å². The number of nitrogens with one attached hydrogen (secondary N) is 3. The molecule has 1 aromatic carbocycles. The summed E-state index contributed by atoms with van der Waals surface area (Å²) < 4.78 is 5.13. The Labute approximate surface area is 173 Å². The summed E-state index contributed by atoms with van der Waals surface area (Å²) in [6, 6.07) is 6.79. The van der Waals surface area contributed by atoms with E-state index in [0.29, 0.717) is 24.5 Å². The third-order valence-electron chi connectivity index (χ3n) is 5.59. The van der Waals surface area contributed by atoms with E-state index in [1.807, 2.05) is 24.3 Å². The van der Waals surface area contributed by atoms with Crippen LogP contribution >= 0.6 is 0 Å². The van der Waals surface area contributed by atoms with E-state index < -0.39 is 17.5 Å². The number of aromatic nitrogens is 3. The average Bonchev–Trinajstić information content (AvgIpc) is 3.32. The Kier molecular flexibility index (Phi) is 5.39. The number of ether oxygens (including phenoxy) is 1. The molecule has 1 aromatic heterocycles. The van der Waals surface area contributed by atoms with Crippen molar-refractivity contribution in [1.82, 2.24) is 30.7 Å². The minimum absolute atomic E-state index is 0.108. The lowest BCUT2D eigenvalue weighted by Crippen LogP contribution is -2.49. The summed E-state index contributed by atoms with van der Waals surface area (Å²) in [4.78, 5) is 42.7. The van der Waals surface area contributed by atoms with Crippen LogP contribution in [0.4, 0.5) is 4.79 Å². The van der Waals surface area contributed by atoms with Crippen LogP contribution in [-0.2, 0) is 16.1 Å². The SMILES string of the molecule is COc1ccc(-c2n[nH]c(CNC(=O)CN3C(=O)NC4(CCCCC4)C3=O)n2)cc1. The number of hydrogen-bond acceptors (Lipinski definition) is 6. The fraction of sp³-hybridized carbons (Fsp3) is 0.450. The van der Waals surface area contributed by atoms with E-state index in [9.17, 15) is 14.4 Å². The van der Waals surface area contributed by atoms with Crippen LogP contribution in [-0.4, -0.2) is 57.1 Å². The molecule has 10 nitrogen and oxygen atoms in total. The lowest BCUT2D eigenvalue weighted by Gasteiger charge is -2.30. The highest BCUT2D eigenvalue weighted by Gasteiger charge is 2.51. The van der Waals surface area contributed by atoms with Crippen LogP contribution < -0.4 is 15.4 Å². The number of hydrogen-bond donors (Lipinski definition) is 3. The third kappa shape index (κ3) is 3.85. The first-order chi connectivity index (χ1) is 14.5. The van der Waals surface area contributed by atoms with Gasteiger partial charge in [0.05, 0.1) is 13.7 Å². The summed E-state index contributed by atoms with van der Waals surface area (Å²) in [6.07, 6.45) is 4.10. The fourth-order valence-electron chi connectivity index (χ4n) is 3.94. The quantitative estimate of drug-likeness (QED) is 0.614. The number of rotatable bonds is 6. The fourth-order valence-corrected chi connectivity index (χ4v) is 3.94. The minimum atomic E-state index is -0.826. The highest BCUT2D eigenvalue weighted by molar-refractivity contribution is 6.09. The van der Waals surface area contributed by atoms with Crippen molar-refractivity contribution in [2.75, 3.05) is 13.7 Å². The first-order valence-electron chi connectivity index (χ1n) is 9.97. The molecule has 30 heavy (non-hydrogen) atoms. The van der Waals surface area contributed by atoms with E-state index >= 15 is 0 Å². The van der Waals surface area contributed by atoms with Gasteiger partial charge in [-0.05, 0) is 37.1 Å². The molecule has 1 saturated carbocycles. The molecule has 0 radical (unpaired) electrons. The molecule has 158 valence electrons. The zero-order chi connectivity index (χ0) is 21.1. The van der Waals surface area contributed by atoms with Gasteiger partial charge in [0.1, 0.15) is 23.7 Å². The number of carbonyl (C=O) groups is 3. The van der Waals surface area contributed by atoms with Crippen molar-refractivity contribution >= 4 is 17.8 Å². The number of urea groups is 1. The predicted octanol–water partition coefficient (Wildman–Crippen LogP) is 1.35. The second-order valence-electron chi connectivity index (χ2n) is 7.58. The van der Waals surface area contributed by atoms with E-state index in [1.165, 1.54) is 0 Å². The van der Waals surface area contributed by atoms with Crippen LogP contribution in [0.15, 0.2) is 24.3 Å². The normalized spacial score (nSPS) is 17.8. The second-order valence-corrected chi connectivity index (χ2v) is 7.58. The van der Waals surface area contributed by atoms with Gasteiger partial charge in [-0.25, -0.2) is 9.78 Å². The molecule has 2 fully saturated rings. The molecule has 1 aliphatic heterocycles. The van der Waals surface area contributed by atoms with Crippen LogP contribution in [0.5, 0.6) is 5.75 Å². The first-order valence-corrected chi connectivity index (χ1v) is 9.97. The lowest BCUT2D eigenvalue weighted by molar-refractivity contribution is -0.135. The monoisotopic (exact) mass is 412 g/mol. The maximum absolute atomic E-state index is 12.7. The third-order valence-corrected chi connectivity index (χ3v) is 5.59. The summed E-state index contributed by atoms with van der Waals surface area (Å²) in [5.74, 6) is 0.959. The van der Waals surface area contributed by atoms with Gasteiger partial charge in [-0.2, -0.15) is 5.10 Å². The summed E-state index contributed by atoms with van der Waals surface area (Å²) in [5.41, 5.74) is -0.0184. The standard InChI is InChI=1S/C20H24N6O4/c1-30-14-7-5-13(6-8-14)17-22-15(24-25-17)11-21-16(27)12-26-18(28)20(23-19(26)29)9-3-2-4-10-20/h5-8H,2-4,9-12H2,1H3,(H,21,27)(H,23,29)(H,22,24,25). The number of amides is 4. The largest absolute Gasteiger partial charge is 0.497 e. The van der Waals surface area contributed by atoms with Gasteiger partial charge < -0.3 is 15.4 Å². The molecule has 0 bridgehead atoms. The Balaban J connectivity index is 1.32. The van der Waals surface area contributed by atoms with Crippen LogP contribution in [0.2, 0.25) is 0 Å². The van der Waals surface area contributed by atoms with Crippen molar-refractivity contribution in [2.45, 2.75) is 44.2 Å². The van der Waals surface area contributed by atoms with Gasteiger partial charge in [0.25, 0.3) is 5.91 Å². The molecular weight excluding hydrogens is 388 g/mol. The number of imide groups is 1. The lowest BCUT2D eigenvalue weighted by atomic mass is 9.82. The van der Waals surface area contributed by atoms with Crippen molar-refractivity contribution in [3.8, 4) is 17.1 Å². The Bertz CT molecular complexity index is 948. The van der Waals surface area contributed by atoms with Gasteiger partial charge >= 0.3 is 6.03 Å². The Morgan fingerprint density at radius 1 is 1.20 bits per heavy atom. The highest BCUT2D eigenvalue weighted by atomic mass is 16.5. The van der Waals surface area contributed by atoms with E-state index in [-0.39, 0.29) is 19.0 Å². The zero-order valence-electron chi connectivity index (χ0n) is 16.7. The van der Waals surface area contributed by atoms with Crippen molar-refractivity contribution in [2.24, 2.45) is 0 Å².